The van der Waals surface area contributed by atoms with E-state index in [1.807, 2.05) is 11.3 Å². The predicted molar refractivity (Wildman–Crippen MR) is 70.9 cm³/mol. The third-order valence-electron chi connectivity index (χ3n) is 2.32. The van der Waals surface area contributed by atoms with Crippen molar-refractivity contribution in [3.63, 3.8) is 0 Å². The van der Waals surface area contributed by atoms with Crippen LogP contribution in [0.5, 0.6) is 0 Å². The monoisotopic (exact) mass is 280 g/mol. The average Bonchev–Trinajstić information content (AvgIpc) is 2.66. The lowest BCUT2D eigenvalue weighted by molar-refractivity contribution is 0.969. The Morgan fingerprint density at radius 3 is 2.60 bits per heavy atom. The highest BCUT2D eigenvalue weighted by Crippen LogP contribution is 2.31. The smallest absolute Gasteiger partial charge is 0.0529 e. The quantitative estimate of drug-likeness (QED) is 0.713. The zero-order valence-electron chi connectivity index (χ0n) is 8.61. The van der Waals surface area contributed by atoms with E-state index in [4.69, 9.17) is 0 Å². The molecule has 0 spiro atoms. The summed E-state index contributed by atoms with van der Waals surface area (Å²) in [6.07, 6.45) is 1.06. The second-order valence-corrected chi connectivity index (χ2v) is 5.73. The van der Waals surface area contributed by atoms with E-state index in [2.05, 4.69) is 64.6 Å². The number of hydrogen-bond donors (Lipinski definition) is 0. The molecule has 0 radical (unpaired) electrons. The van der Waals surface area contributed by atoms with Gasteiger partial charge in [0.05, 0.1) is 4.83 Å². The topological polar surface area (TPSA) is 0 Å². The van der Waals surface area contributed by atoms with Crippen LogP contribution in [0.1, 0.15) is 20.8 Å². The van der Waals surface area contributed by atoms with Crippen LogP contribution in [-0.4, -0.2) is 0 Å². The van der Waals surface area contributed by atoms with Gasteiger partial charge in [0.15, 0.2) is 0 Å². The van der Waals surface area contributed by atoms with E-state index in [1.165, 1.54) is 16.0 Å². The number of halogens is 1. The van der Waals surface area contributed by atoms with Crippen LogP contribution in [0.3, 0.4) is 0 Å². The highest BCUT2D eigenvalue weighted by Gasteiger charge is 2.09. The number of aryl methyl sites for hydroxylation is 1. The zero-order valence-corrected chi connectivity index (χ0v) is 11.0. The summed E-state index contributed by atoms with van der Waals surface area (Å²) in [5.41, 5.74) is 2.73. The van der Waals surface area contributed by atoms with Crippen molar-refractivity contribution >= 4 is 27.3 Å². The van der Waals surface area contributed by atoms with Crippen LogP contribution in [0.25, 0.3) is 0 Å². The first-order valence-electron chi connectivity index (χ1n) is 4.99. The van der Waals surface area contributed by atoms with Gasteiger partial charge < -0.3 is 0 Å². The standard InChI is InChI=1S/C13H13BrS/c1-10-7-13(15-9-10)12(14)8-11-5-3-2-4-6-11/h2-7,9,12H,8H2,1H3. The first kappa shape index (κ1) is 10.9. The number of rotatable bonds is 3. The van der Waals surface area contributed by atoms with Crippen LogP contribution in [0.4, 0.5) is 0 Å². The Morgan fingerprint density at radius 1 is 1.27 bits per heavy atom. The maximum absolute atomic E-state index is 3.75. The molecule has 15 heavy (non-hydrogen) atoms. The molecule has 2 aromatic rings. The fourth-order valence-electron chi connectivity index (χ4n) is 1.54. The lowest BCUT2D eigenvalue weighted by atomic mass is 10.1. The number of alkyl halides is 1. The predicted octanol–water partition coefficient (Wildman–Crippen LogP) is 4.74. The molecule has 2 rings (SSSR count). The summed E-state index contributed by atoms with van der Waals surface area (Å²) in [6, 6.07) is 12.8. The zero-order chi connectivity index (χ0) is 10.7. The molecule has 0 aliphatic carbocycles. The first-order chi connectivity index (χ1) is 7.25. The van der Waals surface area contributed by atoms with Gasteiger partial charge in [-0.3, -0.25) is 0 Å². The van der Waals surface area contributed by atoms with Gasteiger partial charge >= 0.3 is 0 Å². The molecule has 1 heterocycles. The Morgan fingerprint density at radius 2 is 2.00 bits per heavy atom. The summed E-state index contributed by atoms with van der Waals surface area (Å²) in [7, 11) is 0. The van der Waals surface area contributed by atoms with E-state index in [-0.39, 0.29) is 0 Å². The van der Waals surface area contributed by atoms with Crippen LogP contribution < -0.4 is 0 Å². The highest BCUT2D eigenvalue weighted by atomic mass is 79.9. The van der Waals surface area contributed by atoms with Gasteiger partial charge in [-0.1, -0.05) is 46.3 Å². The molecule has 0 N–H and O–H groups in total. The number of hydrogen-bond acceptors (Lipinski definition) is 1. The molecular weight excluding hydrogens is 268 g/mol. The van der Waals surface area contributed by atoms with Crippen molar-refractivity contribution in [2.75, 3.05) is 0 Å². The summed E-state index contributed by atoms with van der Waals surface area (Å²) in [5.74, 6) is 0. The van der Waals surface area contributed by atoms with E-state index in [0.717, 1.165) is 6.42 Å². The van der Waals surface area contributed by atoms with Crippen molar-refractivity contribution in [3.8, 4) is 0 Å². The van der Waals surface area contributed by atoms with Crippen LogP contribution in [0.2, 0.25) is 0 Å². The van der Waals surface area contributed by atoms with Crippen molar-refractivity contribution in [1.29, 1.82) is 0 Å². The van der Waals surface area contributed by atoms with Crippen LogP contribution in [0, 0.1) is 6.92 Å². The Labute approximate surface area is 103 Å². The molecule has 0 amide bonds. The maximum atomic E-state index is 3.75. The second-order valence-electron chi connectivity index (χ2n) is 3.68. The average molecular weight is 281 g/mol. The summed E-state index contributed by atoms with van der Waals surface area (Å²) in [4.78, 5) is 1.86. The normalized spacial score (nSPS) is 12.7. The first-order valence-corrected chi connectivity index (χ1v) is 6.78. The van der Waals surface area contributed by atoms with E-state index < -0.39 is 0 Å². The molecule has 0 saturated heterocycles. The summed E-state index contributed by atoms with van der Waals surface area (Å²) >= 11 is 5.58. The summed E-state index contributed by atoms with van der Waals surface area (Å²) < 4.78 is 0. The number of benzene rings is 1. The van der Waals surface area contributed by atoms with E-state index in [0.29, 0.717) is 4.83 Å². The van der Waals surface area contributed by atoms with E-state index in [9.17, 15) is 0 Å². The second kappa shape index (κ2) is 4.95. The van der Waals surface area contributed by atoms with Gasteiger partial charge in [0.1, 0.15) is 0 Å². The highest BCUT2D eigenvalue weighted by molar-refractivity contribution is 9.09. The molecule has 0 aliphatic rings. The lowest BCUT2D eigenvalue weighted by Crippen LogP contribution is -1.92. The molecule has 0 nitrogen and oxygen atoms in total. The molecule has 1 aromatic carbocycles. The van der Waals surface area contributed by atoms with Crippen molar-refractivity contribution < 1.29 is 0 Å². The number of thiophene rings is 1. The molecule has 1 unspecified atom stereocenters. The fourth-order valence-corrected chi connectivity index (χ4v) is 3.24. The minimum absolute atomic E-state index is 0.443. The SMILES string of the molecule is Cc1csc(C(Br)Cc2ccccc2)c1. The van der Waals surface area contributed by atoms with Gasteiger partial charge in [0.25, 0.3) is 0 Å². The van der Waals surface area contributed by atoms with Gasteiger partial charge in [0.2, 0.25) is 0 Å². The van der Waals surface area contributed by atoms with Gasteiger partial charge in [-0.2, -0.15) is 0 Å². The molecule has 78 valence electrons. The Hall–Kier alpha value is -0.600. The van der Waals surface area contributed by atoms with Crippen LogP contribution in [0.15, 0.2) is 41.8 Å². The van der Waals surface area contributed by atoms with Gasteiger partial charge in [0, 0.05) is 4.88 Å². The van der Waals surface area contributed by atoms with Gasteiger partial charge in [-0.05, 0) is 35.9 Å². The Kier molecular flexibility index (Phi) is 3.60. The minimum Gasteiger partial charge on any atom is -0.147 e. The molecule has 0 saturated carbocycles. The van der Waals surface area contributed by atoms with Crippen LogP contribution >= 0.6 is 27.3 Å². The third-order valence-corrected chi connectivity index (χ3v) is 4.60. The van der Waals surface area contributed by atoms with Crippen LogP contribution in [-0.2, 0) is 6.42 Å². The van der Waals surface area contributed by atoms with Crippen molar-refractivity contribution in [2.45, 2.75) is 18.2 Å². The molecule has 2 heteroatoms. The molecule has 0 fully saturated rings. The van der Waals surface area contributed by atoms with E-state index >= 15 is 0 Å². The molecular formula is C13H13BrS. The van der Waals surface area contributed by atoms with Gasteiger partial charge in [-0.25, -0.2) is 0 Å². The molecule has 1 aromatic heterocycles. The third kappa shape index (κ3) is 2.93. The van der Waals surface area contributed by atoms with Crippen molar-refractivity contribution in [3.05, 3.63) is 57.8 Å². The van der Waals surface area contributed by atoms with E-state index in [1.54, 1.807) is 0 Å². The molecule has 0 aliphatic heterocycles. The minimum atomic E-state index is 0.443. The Balaban J connectivity index is 2.07. The lowest BCUT2D eigenvalue weighted by Gasteiger charge is -2.07. The summed E-state index contributed by atoms with van der Waals surface area (Å²) in [5, 5.41) is 2.20. The molecule has 1 atom stereocenters. The largest absolute Gasteiger partial charge is 0.147 e. The Bertz CT molecular complexity index is 419. The maximum Gasteiger partial charge on any atom is 0.0529 e. The summed E-state index contributed by atoms with van der Waals surface area (Å²) in [6.45, 7) is 2.14. The van der Waals surface area contributed by atoms with Crippen molar-refractivity contribution in [2.24, 2.45) is 0 Å². The van der Waals surface area contributed by atoms with Crippen molar-refractivity contribution in [1.82, 2.24) is 0 Å². The fraction of sp³-hybridized carbons (Fsp3) is 0.231. The van der Waals surface area contributed by atoms with Gasteiger partial charge in [-0.15, -0.1) is 11.3 Å². The molecule has 0 bridgehead atoms.